The summed E-state index contributed by atoms with van der Waals surface area (Å²) in [5.74, 6) is -0.446. The summed E-state index contributed by atoms with van der Waals surface area (Å²) in [6.07, 6.45) is 6.92. The molecule has 2 aromatic rings. The van der Waals surface area contributed by atoms with Gasteiger partial charge in [-0.3, -0.25) is 9.78 Å². The van der Waals surface area contributed by atoms with Gasteiger partial charge in [0.1, 0.15) is 5.69 Å². The van der Waals surface area contributed by atoms with E-state index in [1.807, 2.05) is 6.92 Å². The fourth-order valence-corrected chi connectivity index (χ4v) is 2.71. The predicted octanol–water partition coefficient (Wildman–Crippen LogP) is 2.92. The van der Waals surface area contributed by atoms with Crippen molar-refractivity contribution in [2.24, 2.45) is 11.5 Å². The Balaban J connectivity index is 2.41. The van der Waals surface area contributed by atoms with Crippen LogP contribution in [0.15, 0.2) is 30.7 Å². The second-order valence-corrected chi connectivity index (χ2v) is 6.57. The average Bonchev–Trinajstić information content (AvgIpc) is 2.70. The summed E-state index contributed by atoms with van der Waals surface area (Å²) in [6.45, 7) is 4.00. The highest BCUT2D eigenvalue weighted by Crippen LogP contribution is 2.35. The van der Waals surface area contributed by atoms with Gasteiger partial charge in [0.15, 0.2) is 0 Å². The van der Waals surface area contributed by atoms with Crippen molar-refractivity contribution in [3.63, 3.8) is 0 Å². The van der Waals surface area contributed by atoms with Gasteiger partial charge in [0.05, 0.1) is 36.4 Å². The minimum absolute atomic E-state index is 0.0542. The van der Waals surface area contributed by atoms with Crippen LogP contribution in [-0.4, -0.2) is 35.1 Å². The van der Waals surface area contributed by atoms with E-state index in [1.165, 1.54) is 37.8 Å². The molecule has 9 heteroatoms. The van der Waals surface area contributed by atoms with Crippen molar-refractivity contribution >= 4 is 23.0 Å². The Labute approximate surface area is 164 Å². The van der Waals surface area contributed by atoms with Gasteiger partial charge in [0.25, 0.3) is 0 Å². The molecule has 2 atom stereocenters. The van der Waals surface area contributed by atoms with Crippen LogP contribution in [0.3, 0.4) is 0 Å². The van der Waals surface area contributed by atoms with Crippen LogP contribution in [0.5, 0.6) is 5.88 Å². The summed E-state index contributed by atoms with van der Waals surface area (Å²) in [4.78, 5) is 19.4. The quantitative estimate of drug-likeness (QED) is 0.534. The van der Waals surface area contributed by atoms with Gasteiger partial charge in [-0.2, -0.15) is 5.12 Å². The molecule has 0 unspecified atom stereocenters. The van der Waals surface area contributed by atoms with E-state index in [-0.39, 0.29) is 34.9 Å². The highest BCUT2D eigenvalue weighted by molar-refractivity contribution is 5.93. The third kappa shape index (κ3) is 5.29. The van der Waals surface area contributed by atoms with Gasteiger partial charge < -0.3 is 21.5 Å². The first kappa shape index (κ1) is 21.4. The highest BCUT2D eigenvalue weighted by atomic mass is 19.2. The van der Waals surface area contributed by atoms with Crippen molar-refractivity contribution in [3.05, 3.63) is 36.3 Å². The molecule has 5 N–H and O–H groups in total. The number of nitrogens with one attached hydrogen (secondary N) is 1. The number of primary amides is 1. The molecule has 0 radical (unpaired) electrons. The zero-order valence-electron chi connectivity index (χ0n) is 16.4. The Morgan fingerprint density at radius 1 is 1.36 bits per heavy atom. The van der Waals surface area contributed by atoms with E-state index in [0.29, 0.717) is 10.8 Å². The molecule has 2 aromatic heterocycles. The summed E-state index contributed by atoms with van der Waals surface area (Å²) in [5, 5.41) is 3.69. The molecule has 0 saturated heterocycles. The van der Waals surface area contributed by atoms with Crippen molar-refractivity contribution in [2.75, 3.05) is 17.5 Å². The fourth-order valence-electron chi connectivity index (χ4n) is 2.71. The number of nitrogens with zero attached hydrogens (tertiary/aromatic N) is 3. The lowest BCUT2D eigenvalue weighted by atomic mass is 10.0. The van der Waals surface area contributed by atoms with Gasteiger partial charge in [0, 0.05) is 24.3 Å². The standard InChI is InChI=1S/C19H27FN6O2/c1-4-5-6-15(12(2)21)25-16-11-24-18(28-3)8-17(16)26(20)14-7-13(19(22)27)9-23-10-14/h7-12,15,25H,4-6,21H2,1-3H3,(H2,22,27)/t12-,15+/m0/s1. The number of nitrogens with two attached hydrogens (primary N) is 2. The van der Waals surface area contributed by atoms with Crippen molar-refractivity contribution in [1.82, 2.24) is 9.97 Å². The van der Waals surface area contributed by atoms with Gasteiger partial charge in [-0.15, -0.1) is 0 Å². The number of pyridine rings is 2. The SMILES string of the molecule is CCCC[C@@H](Nc1cnc(OC)cc1N(F)c1cncc(C(N)=O)c1)[C@H](C)N. The Morgan fingerprint density at radius 3 is 2.71 bits per heavy atom. The maximum absolute atomic E-state index is 15.3. The molecular weight excluding hydrogens is 363 g/mol. The van der Waals surface area contributed by atoms with Crippen molar-refractivity contribution in [2.45, 2.75) is 45.2 Å². The van der Waals surface area contributed by atoms with Gasteiger partial charge in [-0.25, -0.2) is 4.98 Å². The molecule has 0 spiro atoms. The molecule has 0 saturated carbocycles. The Hall–Kier alpha value is -2.94. The molecule has 0 bridgehead atoms. The number of hydrogen-bond donors (Lipinski definition) is 3. The van der Waals surface area contributed by atoms with Gasteiger partial charge >= 0.3 is 0 Å². The average molecular weight is 390 g/mol. The molecule has 0 aliphatic heterocycles. The number of anilines is 3. The Kier molecular flexibility index (Phi) is 7.51. The maximum atomic E-state index is 15.3. The van der Waals surface area contributed by atoms with Crippen LogP contribution < -0.4 is 26.6 Å². The molecule has 8 nitrogen and oxygen atoms in total. The molecule has 152 valence electrons. The molecule has 2 heterocycles. The van der Waals surface area contributed by atoms with E-state index in [2.05, 4.69) is 22.2 Å². The van der Waals surface area contributed by atoms with Crippen molar-refractivity contribution < 1.29 is 14.0 Å². The molecule has 1 amide bonds. The number of rotatable bonds is 10. The topological polar surface area (TPSA) is 119 Å². The molecule has 0 aromatic carbocycles. The maximum Gasteiger partial charge on any atom is 0.250 e. The molecule has 28 heavy (non-hydrogen) atoms. The van der Waals surface area contributed by atoms with Gasteiger partial charge in [0.2, 0.25) is 11.8 Å². The van der Waals surface area contributed by atoms with Crippen LogP contribution in [0.1, 0.15) is 43.5 Å². The third-order valence-electron chi connectivity index (χ3n) is 4.36. The lowest BCUT2D eigenvalue weighted by molar-refractivity contribution is 0.1000. The highest BCUT2D eigenvalue weighted by Gasteiger charge is 2.20. The molecule has 2 rings (SSSR count). The lowest BCUT2D eigenvalue weighted by Crippen LogP contribution is -2.38. The van der Waals surface area contributed by atoms with E-state index in [1.54, 1.807) is 0 Å². The minimum atomic E-state index is -0.690. The summed E-state index contributed by atoms with van der Waals surface area (Å²) >= 11 is 0. The first-order chi connectivity index (χ1) is 13.4. The number of aromatic nitrogens is 2. The van der Waals surface area contributed by atoms with Crippen LogP contribution in [0.2, 0.25) is 0 Å². The minimum Gasteiger partial charge on any atom is -0.481 e. The van der Waals surface area contributed by atoms with Crippen LogP contribution in [0.25, 0.3) is 0 Å². The first-order valence-electron chi connectivity index (χ1n) is 9.14. The second-order valence-electron chi connectivity index (χ2n) is 6.57. The summed E-state index contributed by atoms with van der Waals surface area (Å²) in [5.41, 5.74) is 12.1. The molecule has 0 aliphatic rings. The Bertz CT molecular complexity index is 802. The lowest BCUT2D eigenvalue weighted by Gasteiger charge is -2.26. The molecule has 0 fully saturated rings. The van der Waals surface area contributed by atoms with Gasteiger partial charge in [-0.1, -0.05) is 24.2 Å². The molecular formula is C19H27FN6O2. The number of hydrogen-bond acceptors (Lipinski definition) is 7. The summed E-state index contributed by atoms with van der Waals surface area (Å²) in [6, 6.07) is 2.58. The van der Waals surface area contributed by atoms with Gasteiger partial charge in [-0.05, 0) is 19.4 Å². The first-order valence-corrected chi connectivity index (χ1v) is 9.14. The van der Waals surface area contributed by atoms with Crippen molar-refractivity contribution in [3.8, 4) is 5.88 Å². The van der Waals surface area contributed by atoms with Crippen LogP contribution >= 0.6 is 0 Å². The smallest absolute Gasteiger partial charge is 0.250 e. The number of halogens is 1. The van der Waals surface area contributed by atoms with Crippen molar-refractivity contribution in [1.29, 1.82) is 0 Å². The second kappa shape index (κ2) is 9.84. The number of amides is 1. The van der Waals surface area contributed by atoms with E-state index >= 15 is 4.48 Å². The fraction of sp³-hybridized carbons (Fsp3) is 0.421. The number of carbonyl (C=O) groups is 1. The Morgan fingerprint density at radius 2 is 2.11 bits per heavy atom. The van der Waals surface area contributed by atoms with E-state index in [9.17, 15) is 4.79 Å². The zero-order chi connectivity index (χ0) is 20.7. The van der Waals surface area contributed by atoms with Crippen LogP contribution in [-0.2, 0) is 0 Å². The number of carbonyl (C=O) groups excluding carboxylic acids is 1. The van der Waals surface area contributed by atoms with Crippen LogP contribution in [0.4, 0.5) is 21.5 Å². The summed E-state index contributed by atoms with van der Waals surface area (Å²) in [7, 11) is 1.45. The number of methoxy groups -OCH3 is 1. The predicted molar refractivity (Wildman–Crippen MR) is 107 cm³/mol. The normalized spacial score (nSPS) is 12.9. The van der Waals surface area contributed by atoms with E-state index < -0.39 is 5.91 Å². The van der Waals surface area contributed by atoms with E-state index in [0.717, 1.165) is 19.3 Å². The monoisotopic (exact) mass is 390 g/mol. The number of unbranched alkanes of at least 4 members (excludes halogenated alkanes) is 1. The largest absolute Gasteiger partial charge is 0.481 e. The summed E-state index contributed by atoms with van der Waals surface area (Å²) < 4.78 is 20.4. The zero-order valence-corrected chi connectivity index (χ0v) is 16.4. The van der Waals surface area contributed by atoms with Crippen LogP contribution in [0, 0.1) is 0 Å². The number of ether oxygens (including phenoxy) is 1. The van der Waals surface area contributed by atoms with E-state index in [4.69, 9.17) is 16.2 Å². The third-order valence-corrected chi connectivity index (χ3v) is 4.36. The molecule has 0 aliphatic carbocycles.